The minimum atomic E-state index is -4.56. The van der Waals surface area contributed by atoms with E-state index in [1.807, 2.05) is 4.90 Å². The smallest absolute Gasteiger partial charge is 0.329 e. The largest absolute Gasteiger partial charge is 0.471 e. The third-order valence-corrected chi connectivity index (χ3v) is 3.19. The molecule has 1 aromatic heterocycles. The summed E-state index contributed by atoms with van der Waals surface area (Å²) < 4.78 is 40.8. The van der Waals surface area contributed by atoms with Crippen molar-refractivity contribution >= 4 is 0 Å². The van der Waals surface area contributed by atoms with Gasteiger partial charge in [0.2, 0.25) is 0 Å². The molecule has 0 aromatic carbocycles. The average molecular weight is 248 g/mol. The second-order valence-electron chi connectivity index (χ2n) is 4.76. The normalized spacial score (nSPS) is 23.5. The van der Waals surface area contributed by atoms with E-state index in [0.29, 0.717) is 12.0 Å². The third-order valence-electron chi connectivity index (χ3n) is 3.19. The van der Waals surface area contributed by atoms with Crippen LogP contribution in [0.15, 0.2) is 4.52 Å². The fraction of sp³-hybridized carbons (Fsp3) is 0.778. The highest BCUT2D eigenvalue weighted by atomic mass is 19.4. The minimum Gasteiger partial charge on any atom is -0.329 e. The van der Waals surface area contributed by atoms with Gasteiger partial charge in [0.1, 0.15) is 0 Å². The second kappa shape index (κ2) is 3.42. The second-order valence-corrected chi connectivity index (χ2v) is 4.76. The van der Waals surface area contributed by atoms with E-state index < -0.39 is 12.1 Å². The number of hydrogen-bond donors (Lipinski definition) is 1. The van der Waals surface area contributed by atoms with Gasteiger partial charge in [0.25, 0.3) is 0 Å². The zero-order chi connectivity index (χ0) is 12.1. The van der Waals surface area contributed by atoms with Crippen molar-refractivity contribution in [2.75, 3.05) is 26.2 Å². The summed E-state index contributed by atoms with van der Waals surface area (Å²) in [7, 11) is 0. The molecule has 0 unspecified atom stereocenters. The summed E-state index contributed by atoms with van der Waals surface area (Å²) >= 11 is 0. The molecule has 5 nitrogen and oxygen atoms in total. The molecule has 0 bridgehead atoms. The van der Waals surface area contributed by atoms with E-state index in [-0.39, 0.29) is 5.82 Å². The lowest BCUT2D eigenvalue weighted by Crippen LogP contribution is -2.70. The third kappa shape index (κ3) is 1.91. The summed E-state index contributed by atoms with van der Waals surface area (Å²) in [4.78, 5) is 5.35. The van der Waals surface area contributed by atoms with Crippen molar-refractivity contribution in [1.29, 1.82) is 0 Å². The first-order chi connectivity index (χ1) is 7.97. The molecule has 2 aliphatic rings. The van der Waals surface area contributed by atoms with Crippen LogP contribution in [-0.2, 0) is 12.7 Å². The van der Waals surface area contributed by atoms with Crippen LogP contribution < -0.4 is 5.32 Å². The van der Waals surface area contributed by atoms with Crippen LogP contribution in [-0.4, -0.2) is 41.2 Å². The van der Waals surface area contributed by atoms with Crippen LogP contribution in [0.1, 0.15) is 11.7 Å². The molecular weight excluding hydrogens is 237 g/mol. The van der Waals surface area contributed by atoms with Crippen LogP contribution in [0, 0.1) is 5.41 Å². The first-order valence-corrected chi connectivity index (χ1v) is 5.30. The highest BCUT2D eigenvalue weighted by Crippen LogP contribution is 2.35. The zero-order valence-electron chi connectivity index (χ0n) is 8.92. The first kappa shape index (κ1) is 11.0. The SMILES string of the molecule is FC(F)(F)c1nc(CN2CC3(CNC3)C2)no1. The number of nitrogens with zero attached hydrogens (tertiary/aromatic N) is 3. The molecule has 2 saturated heterocycles. The van der Waals surface area contributed by atoms with Gasteiger partial charge in [0.05, 0.1) is 6.54 Å². The molecule has 3 rings (SSSR count). The van der Waals surface area contributed by atoms with Crippen LogP contribution in [0.25, 0.3) is 0 Å². The van der Waals surface area contributed by atoms with Crippen LogP contribution in [0.3, 0.4) is 0 Å². The molecule has 2 aliphatic heterocycles. The molecule has 17 heavy (non-hydrogen) atoms. The molecule has 1 N–H and O–H groups in total. The molecule has 8 heteroatoms. The van der Waals surface area contributed by atoms with Crippen molar-refractivity contribution in [1.82, 2.24) is 20.4 Å². The van der Waals surface area contributed by atoms with Crippen molar-refractivity contribution in [3.05, 3.63) is 11.7 Å². The Morgan fingerprint density at radius 1 is 1.35 bits per heavy atom. The molecule has 0 amide bonds. The fourth-order valence-electron chi connectivity index (χ4n) is 2.35. The molecule has 0 radical (unpaired) electrons. The van der Waals surface area contributed by atoms with E-state index in [1.165, 1.54) is 0 Å². The van der Waals surface area contributed by atoms with E-state index >= 15 is 0 Å². The lowest BCUT2D eigenvalue weighted by molar-refractivity contribution is -0.159. The Hall–Kier alpha value is -1.15. The van der Waals surface area contributed by atoms with Crippen LogP contribution in [0.5, 0.6) is 0 Å². The van der Waals surface area contributed by atoms with E-state index in [2.05, 4.69) is 20.0 Å². The van der Waals surface area contributed by atoms with Crippen LogP contribution in [0.2, 0.25) is 0 Å². The Morgan fingerprint density at radius 2 is 2.06 bits per heavy atom. The Morgan fingerprint density at radius 3 is 2.53 bits per heavy atom. The topological polar surface area (TPSA) is 54.2 Å². The van der Waals surface area contributed by atoms with Gasteiger partial charge >= 0.3 is 12.1 Å². The van der Waals surface area contributed by atoms with Crippen molar-refractivity contribution in [3.8, 4) is 0 Å². The maximum atomic E-state index is 12.2. The Kier molecular flexibility index (Phi) is 2.21. The molecule has 0 saturated carbocycles. The number of halogens is 3. The summed E-state index contributed by atoms with van der Waals surface area (Å²) in [6, 6.07) is 0. The number of nitrogens with one attached hydrogen (secondary N) is 1. The van der Waals surface area contributed by atoms with Gasteiger partial charge in [-0.2, -0.15) is 18.2 Å². The molecule has 1 aromatic rings. The van der Waals surface area contributed by atoms with Gasteiger partial charge in [-0.1, -0.05) is 5.16 Å². The van der Waals surface area contributed by atoms with Gasteiger partial charge in [-0.15, -0.1) is 0 Å². The molecule has 2 fully saturated rings. The van der Waals surface area contributed by atoms with Crippen molar-refractivity contribution in [2.45, 2.75) is 12.7 Å². The quantitative estimate of drug-likeness (QED) is 0.825. The van der Waals surface area contributed by atoms with Gasteiger partial charge in [-0.25, -0.2) is 0 Å². The molecule has 0 aliphatic carbocycles. The average Bonchev–Trinajstić information content (AvgIpc) is 2.54. The van der Waals surface area contributed by atoms with Crippen molar-refractivity contribution in [3.63, 3.8) is 0 Å². The zero-order valence-corrected chi connectivity index (χ0v) is 8.92. The standard InChI is InChI=1S/C9H11F3N4O/c10-9(11,12)7-14-6(15-17-7)1-16-4-8(5-16)2-13-3-8/h13H,1-5H2. The molecule has 94 valence electrons. The molecule has 1 spiro atoms. The number of rotatable bonds is 2. The fourth-order valence-corrected chi connectivity index (χ4v) is 2.35. The van der Waals surface area contributed by atoms with Gasteiger partial charge in [0.15, 0.2) is 5.82 Å². The van der Waals surface area contributed by atoms with Gasteiger partial charge in [-0.05, 0) is 0 Å². The molecule has 0 atom stereocenters. The molecular formula is C9H11F3N4O. The minimum absolute atomic E-state index is 0.0967. The van der Waals surface area contributed by atoms with Crippen LogP contribution >= 0.6 is 0 Å². The van der Waals surface area contributed by atoms with E-state index in [0.717, 1.165) is 26.2 Å². The van der Waals surface area contributed by atoms with Crippen molar-refractivity contribution < 1.29 is 17.7 Å². The summed E-state index contributed by atoms with van der Waals surface area (Å²) in [5.74, 6) is -1.17. The number of hydrogen-bond acceptors (Lipinski definition) is 5. The number of likely N-dealkylation sites (tertiary alicyclic amines) is 1. The van der Waals surface area contributed by atoms with Gasteiger partial charge in [0, 0.05) is 31.6 Å². The summed E-state index contributed by atoms with van der Waals surface area (Å²) in [5, 5.41) is 6.52. The number of aromatic nitrogens is 2. The lowest BCUT2D eigenvalue weighted by Gasteiger charge is -2.55. The maximum Gasteiger partial charge on any atom is 0.471 e. The Balaban J connectivity index is 1.57. The maximum absolute atomic E-state index is 12.2. The Bertz CT molecular complexity index is 418. The van der Waals surface area contributed by atoms with Crippen molar-refractivity contribution in [2.24, 2.45) is 5.41 Å². The van der Waals surface area contributed by atoms with E-state index in [9.17, 15) is 13.2 Å². The lowest BCUT2D eigenvalue weighted by atomic mass is 9.74. The molecule has 3 heterocycles. The predicted octanol–water partition coefficient (Wildman–Crippen LogP) is 0.494. The number of alkyl halides is 3. The van der Waals surface area contributed by atoms with E-state index in [4.69, 9.17) is 0 Å². The van der Waals surface area contributed by atoms with Gasteiger partial charge < -0.3 is 9.84 Å². The Labute approximate surface area is 95.0 Å². The highest BCUT2D eigenvalue weighted by molar-refractivity contribution is 5.05. The van der Waals surface area contributed by atoms with Gasteiger partial charge in [-0.3, -0.25) is 4.90 Å². The predicted molar refractivity (Wildman–Crippen MR) is 49.9 cm³/mol. The summed E-state index contributed by atoms with van der Waals surface area (Å²) in [5.41, 5.74) is 0.344. The van der Waals surface area contributed by atoms with E-state index in [1.54, 1.807) is 0 Å². The van der Waals surface area contributed by atoms with Crippen LogP contribution in [0.4, 0.5) is 13.2 Å². The summed E-state index contributed by atoms with van der Waals surface area (Å²) in [6.07, 6.45) is -4.56. The first-order valence-electron chi connectivity index (χ1n) is 5.30. The monoisotopic (exact) mass is 248 g/mol. The highest BCUT2D eigenvalue weighted by Gasteiger charge is 2.47. The summed E-state index contributed by atoms with van der Waals surface area (Å²) in [6.45, 7) is 4.07.